The second-order valence-corrected chi connectivity index (χ2v) is 5.15. The summed E-state index contributed by atoms with van der Waals surface area (Å²) in [6.45, 7) is 6.18. The van der Waals surface area contributed by atoms with E-state index >= 15 is 0 Å². The first-order chi connectivity index (χ1) is 9.15. The minimum Gasteiger partial charge on any atom is -0.382 e. The Bertz CT molecular complexity index is 431. The lowest BCUT2D eigenvalue weighted by molar-refractivity contribution is 0.0940. The van der Waals surface area contributed by atoms with Gasteiger partial charge in [-0.05, 0) is 31.8 Å². The molecule has 1 fully saturated rings. The monoisotopic (exact) mass is 263 g/mol. The minimum absolute atomic E-state index is 0.215. The number of amides is 1. The van der Waals surface area contributed by atoms with Gasteiger partial charge in [0.15, 0.2) is 0 Å². The molecule has 6 nitrogen and oxygen atoms in total. The SMILES string of the molecule is CC(CNC(=O)c1cncc(N)n1)CN1CCCC1. The molecule has 0 radical (unpaired) electrons. The van der Waals surface area contributed by atoms with Crippen molar-refractivity contribution in [3.8, 4) is 0 Å². The topological polar surface area (TPSA) is 84.1 Å². The highest BCUT2D eigenvalue weighted by atomic mass is 16.1. The van der Waals surface area contributed by atoms with E-state index in [0.717, 1.165) is 6.54 Å². The maximum atomic E-state index is 11.9. The Balaban J connectivity index is 1.76. The molecule has 1 unspecified atom stereocenters. The summed E-state index contributed by atoms with van der Waals surface area (Å²) in [5, 5.41) is 2.88. The molecule has 1 aliphatic rings. The van der Waals surface area contributed by atoms with Crippen molar-refractivity contribution in [3.05, 3.63) is 18.1 Å². The van der Waals surface area contributed by atoms with Crippen molar-refractivity contribution in [1.29, 1.82) is 0 Å². The number of likely N-dealkylation sites (tertiary alicyclic amines) is 1. The molecular formula is C13H21N5O. The van der Waals surface area contributed by atoms with Crippen LogP contribution in [0, 0.1) is 5.92 Å². The lowest BCUT2D eigenvalue weighted by Crippen LogP contribution is -2.34. The van der Waals surface area contributed by atoms with Gasteiger partial charge in [-0.3, -0.25) is 9.78 Å². The normalized spacial score (nSPS) is 17.3. The van der Waals surface area contributed by atoms with Crippen molar-refractivity contribution < 1.29 is 4.79 Å². The molecule has 0 bridgehead atoms. The molecular weight excluding hydrogens is 242 g/mol. The van der Waals surface area contributed by atoms with Crippen molar-refractivity contribution in [2.24, 2.45) is 5.92 Å². The van der Waals surface area contributed by atoms with Gasteiger partial charge in [-0.1, -0.05) is 6.92 Å². The number of nitrogen functional groups attached to an aromatic ring is 1. The summed E-state index contributed by atoms with van der Waals surface area (Å²) in [6.07, 6.45) is 5.43. The highest BCUT2D eigenvalue weighted by Gasteiger charge is 2.15. The third kappa shape index (κ3) is 4.17. The second kappa shape index (κ2) is 6.47. The largest absolute Gasteiger partial charge is 0.382 e. The molecule has 3 N–H and O–H groups in total. The maximum absolute atomic E-state index is 11.9. The fraction of sp³-hybridized carbons (Fsp3) is 0.615. The Hall–Kier alpha value is -1.69. The van der Waals surface area contributed by atoms with Gasteiger partial charge in [0.2, 0.25) is 0 Å². The van der Waals surface area contributed by atoms with Crippen molar-refractivity contribution in [2.45, 2.75) is 19.8 Å². The second-order valence-electron chi connectivity index (χ2n) is 5.15. The van der Waals surface area contributed by atoms with E-state index in [1.165, 1.54) is 38.3 Å². The molecule has 0 aliphatic carbocycles. The van der Waals surface area contributed by atoms with E-state index in [1.54, 1.807) is 0 Å². The van der Waals surface area contributed by atoms with Crippen LogP contribution in [0.5, 0.6) is 0 Å². The molecule has 1 saturated heterocycles. The Morgan fingerprint density at radius 3 is 2.89 bits per heavy atom. The summed E-state index contributed by atoms with van der Waals surface area (Å²) < 4.78 is 0. The molecule has 0 aromatic carbocycles. The summed E-state index contributed by atoms with van der Waals surface area (Å²) in [5.41, 5.74) is 5.77. The third-order valence-corrected chi connectivity index (χ3v) is 3.27. The number of hydrogen-bond acceptors (Lipinski definition) is 5. The van der Waals surface area contributed by atoms with Crippen molar-refractivity contribution in [3.63, 3.8) is 0 Å². The van der Waals surface area contributed by atoms with E-state index in [0.29, 0.717) is 12.5 Å². The van der Waals surface area contributed by atoms with Crippen LogP contribution in [0.25, 0.3) is 0 Å². The molecule has 1 amide bonds. The standard InChI is InChI=1S/C13H21N5O/c1-10(9-18-4-2-3-5-18)6-16-13(19)11-7-15-8-12(14)17-11/h7-8,10H,2-6,9H2,1H3,(H2,14,17)(H,16,19). The fourth-order valence-electron chi connectivity index (χ4n) is 2.32. The summed E-state index contributed by atoms with van der Waals surface area (Å²) >= 11 is 0. The lowest BCUT2D eigenvalue weighted by Gasteiger charge is -2.20. The molecule has 104 valence electrons. The van der Waals surface area contributed by atoms with E-state index in [-0.39, 0.29) is 17.4 Å². The molecule has 0 saturated carbocycles. The average Bonchev–Trinajstić information content (AvgIpc) is 2.88. The molecule has 1 aliphatic heterocycles. The number of carbonyl (C=O) groups is 1. The van der Waals surface area contributed by atoms with Crippen molar-refractivity contribution in [2.75, 3.05) is 31.9 Å². The van der Waals surface area contributed by atoms with Gasteiger partial charge in [-0.2, -0.15) is 0 Å². The maximum Gasteiger partial charge on any atom is 0.271 e. The minimum atomic E-state index is -0.215. The quantitative estimate of drug-likeness (QED) is 0.809. The zero-order valence-electron chi connectivity index (χ0n) is 11.3. The van der Waals surface area contributed by atoms with Crippen LogP contribution in [-0.2, 0) is 0 Å². The Labute approximate surface area is 113 Å². The highest BCUT2D eigenvalue weighted by molar-refractivity contribution is 5.92. The van der Waals surface area contributed by atoms with Gasteiger partial charge in [-0.25, -0.2) is 4.98 Å². The van der Waals surface area contributed by atoms with E-state index < -0.39 is 0 Å². The van der Waals surface area contributed by atoms with Crippen LogP contribution in [0.1, 0.15) is 30.3 Å². The van der Waals surface area contributed by atoms with E-state index in [4.69, 9.17) is 5.73 Å². The number of nitrogens with zero attached hydrogens (tertiary/aromatic N) is 3. The van der Waals surface area contributed by atoms with Crippen LogP contribution in [-0.4, -0.2) is 47.0 Å². The third-order valence-electron chi connectivity index (χ3n) is 3.27. The van der Waals surface area contributed by atoms with E-state index in [1.807, 2.05) is 0 Å². The number of carbonyl (C=O) groups excluding carboxylic acids is 1. The smallest absolute Gasteiger partial charge is 0.271 e. The van der Waals surface area contributed by atoms with Gasteiger partial charge in [0.1, 0.15) is 11.5 Å². The van der Waals surface area contributed by atoms with Crippen molar-refractivity contribution in [1.82, 2.24) is 20.2 Å². The fourth-order valence-corrected chi connectivity index (χ4v) is 2.32. The van der Waals surface area contributed by atoms with E-state index in [9.17, 15) is 4.79 Å². The summed E-state index contributed by atoms with van der Waals surface area (Å²) in [4.78, 5) is 22.1. The van der Waals surface area contributed by atoms with Crippen LogP contribution in [0.4, 0.5) is 5.82 Å². The molecule has 2 heterocycles. The van der Waals surface area contributed by atoms with Crippen LogP contribution in [0.2, 0.25) is 0 Å². The number of rotatable bonds is 5. The predicted molar refractivity (Wildman–Crippen MR) is 73.6 cm³/mol. The van der Waals surface area contributed by atoms with Gasteiger partial charge < -0.3 is 16.0 Å². The van der Waals surface area contributed by atoms with Gasteiger partial charge >= 0.3 is 0 Å². The Morgan fingerprint density at radius 1 is 1.47 bits per heavy atom. The number of aromatic nitrogens is 2. The van der Waals surface area contributed by atoms with Crippen LogP contribution in [0.15, 0.2) is 12.4 Å². The van der Waals surface area contributed by atoms with Crippen LogP contribution < -0.4 is 11.1 Å². The number of anilines is 1. The first kappa shape index (κ1) is 13.7. The Morgan fingerprint density at radius 2 is 2.21 bits per heavy atom. The van der Waals surface area contributed by atoms with Gasteiger partial charge in [0.05, 0.1) is 12.4 Å². The lowest BCUT2D eigenvalue weighted by atomic mass is 10.1. The van der Waals surface area contributed by atoms with Gasteiger partial charge in [0, 0.05) is 13.1 Å². The first-order valence-corrected chi connectivity index (χ1v) is 6.73. The number of nitrogens with one attached hydrogen (secondary N) is 1. The zero-order chi connectivity index (χ0) is 13.7. The van der Waals surface area contributed by atoms with Crippen LogP contribution >= 0.6 is 0 Å². The molecule has 19 heavy (non-hydrogen) atoms. The first-order valence-electron chi connectivity index (χ1n) is 6.73. The summed E-state index contributed by atoms with van der Waals surface area (Å²) in [6, 6.07) is 0. The average molecular weight is 263 g/mol. The van der Waals surface area contributed by atoms with E-state index in [2.05, 4.69) is 27.1 Å². The van der Waals surface area contributed by atoms with Gasteiger partial charge in [-0.15, -0.1) is 0 Å². The summed E-state index contributed by atoms with van der Waals surface area (Å²) in [7, 11) is 0. The molecule has 0 spiro atoms. The van der Waals surface area contributed by atoms with Gasteiger partial charge in [0.25, 0.3) is 5.91 Å². The number of hydrogen-bond donors (Lipinski definition) is 2. The predicted octanol–water partition coefficient (Wildman–Crippen LogP) is 0.521. The molecule has 1 aromatic rings. The van der Waals surface area contributed by atoms with Crippen LogP contribution in [0.3, 0.4) is 0 Å². The molecule has 6 heteroatoms. The summed E-state index contributed by atoms with van der Waals surface area (Å²) in [5.74, 6) is 0.474. The molecule has 1 atom stereocenters. The zero-order valence-corrected chi connectivity index (χ0v) is 11.3. The number of nitrogens with two attached hydrogens (primary N) is 1. The Kier molecular flexibility index (Phi) is 4.68. The van der Waals surface area contributed by atoms with Crippen molar-refractivity contribution >= 4 is 11.7 Å². The highest BCUT2D eigenvalue weighted by Crippen LogP contribution is 2.09. The molecule has 1 aromatic heterocycles. The molecule has 2 rings (SSSR count).